The predicted molar refractivity (Wildman–Crippen MR) is 121 cm³/mol. The molecule has 0 radical (unpaired) electrons. The largest absolute Gasteiger partial charge is 0.493 e. The van der Waals surface area contributed by atoms with Crippen molar-refractivity contribution in [1.82, 2.24) is 20.1 Å². The van der Waals surface area contributed by atoms with E-state index in [4.69, 9.17) is 15.2 Å². The summed E-state index contributed by atoms with van der Waals surface area (Å²) in [5.41, 5.74) is 6.98. The second-order valence-corrected chi connectivity index (χ2v) is 8.25. The minimum absolute atomic E-state index is 0.180. The van der Waals surface area contributed by atoms with E-state index in [1.54, 1.807) is 11.0 Å². The third-order valence-corrected chi connectivity index (χ3v) is 5.89. The van der Waals surface area contributed by atoms with Gasteiger partial charge in [-0.2, -0.15) is 18.3 Å². The summed E-state index contributed by atoms with van der Waals surface area (Å²) in [6.45, 7) is 3.01. The zero-order valence-corrected chi connectivity index (χ0v) is 19.2. The summed E-state index contributed by atoms with van der Waals surface area (Å²) in [6.07, 6.45) is -1.64. The summed E-state index contributed by atoms with van der Waals surface area (Å²) >= 11 is 0. The number of likely N-dealkylation sites (tertiary alicyclic amines) is 1. The number of aryl methyl sites for hydroxylation is 1. The quantitative estimate of drug-likeness (QED) is 0.561. The number of anilines is 1. The van der Waals surface area contributed by atoms with Gasteiger partial charge in [0.15, 0.2) is 11.5 Å². The van der Waals surface area contributed by atoms with Crippen LogP contribution in [0.2, 0.25) is 0 Å². The molecule has 1 aromatic carbocycles. The standard InChI is InChI=1S/C24H24F3N5O3/c1-14-11-21(28)30-31-22(14)15-7-9-32(10-8-15)23(33)18-12-19(34-2)20(13-29-18)35-17-5-3-16(4-6-17)24(25,26)27/h3-6,11-13,15H,7-10H2,1-2H3,(H2,28,30). The second kappa shape index (κ2) is 9.77. The summed E-state index contributed by atoms with van der Waals surface area (Å²) < 4.78 is 49.2. The lowest BCUT2D eigenvalue weighted by Gasteiger charge is -2.32. The summed E-state index contributed by atoms with van der Waals surface area (Å²) in [7, 11) is 1.41. The number of methoxy groups -OCH3 is 1. The Labute approximate surface area is 199 Å². The Hall–Kier alpha value is -3.89. The lowest BCUT2D eigenvalue weighted by atomic mass is 9.91. The number of pyridine rings is 1. The average molecular weight is 487 g/mol. The molecule has 1 fully saturated rings. The molecule has 184 valence electrons. The molecular formula is C24H24F3N5O3. The number of nitrogens with zero attached hydrogens (tertiary/aromatic N) is 4. The SMILES string of the molecule is COc1cc(C(=O)N2CCC(c3nnc(N)cc3C)CC2)ncc1Oc1ccc(C(F)(F)F)cc1. The topological polar surface area (TPSA) is 103 Å². The van der Waals surface area contributed by atoms with Gasteiger partial charge < -0.3 is 20.1 Å². The zero-order chi connectivity index (χ0) is 25.2. The third-order valence-electron chi connectivity index (χ3n) is 5.89. The first-order chi connectivity index (χ1) is 16.7. The molecule has 4 rings (SSSR count). The Morgan fingerprint density at radius 1 is 1.09 bits per heavy atom. The van der Waals surface area contributed by atoms with E-state index in [1.165, 1.54) is 31.5 Å². The van der Waals surface area contributed by atoms with Crippen molar-refractivity contribution in [3.63, 3.8) is 0 Å². The van der Waals surface area contributed by atoms with Crippen molar-refractivity contribution in [2.75, 3.05) is 25.9 Å². The van der Waals surface area contributed by atoms with Crippen LogP contribution in [0.3, 0.4) is 0 Å². The van der Waals surface area contributed by atoms with Gasteiger partial charge in [0.05, 0.1) is 24.6 Å². The van der Waals surface area contributed by atoms with Crippen LogP contribution < -0.4 is 15.2 Å². The first-order valence-corrected chi connectivity index (χ1v) is 10.9. The van der Waals surface area contributed by atoms with Crippen molar-refractivity contribution < 1.29 is 27.4 Å². The molecule has 0 aliphatic carbocycles. The molecule has 1 amide bonds. The summed E-state index contributed by atoms with van der Waals surface area (Å²) in [5.74, 6) is 0.924. The number of hydrogen-bond acceptors (Lipinski definition) is 7. The molecule has 0 bridgehead atoms. The van der Waals surface area contributed by atoms with E-state index in [-0.39, 0.29) is 34.8 Å². The fraction of sp³-hybridized carbons (Fsp3) is 0.333. The molecule has 3 aromatic rings. The van der Waals surface area contributed by atoms with Crippen LogP contribution in [-0.2, 0) is 6.18 Å². The molecule has 0 saturated carbocycles. The molecule has 1 saturated heterocycles. The van der Waals surface area contributed by atoms with Gasteiger partial charge in [-0.3, -0.25) is 4.79 Å². The van der Waals surface area contributed by atoms with Gasteiger partial charge in [-0.05, 0) is 55.7 Å². The smallest absolute Gasteiger partial charge is 0.416 e. The number of piperidine rings is 1. The number of hydrogen-bond donors (Lipinski definition) is 1. The number of halogens is 3. The van der Waals surface area contributed by atoms with E-state index in [1.807, 2.05) is 6.92 Å². The van der Waals surface area contributed by atoms with E-state index in [0.29, 0.717) is 18.9 Å². The fourth-order valence-electron chi connectivity index (χ4n) is 4.05. The minimum Gasteiger partial charge on any atom is -0.493 e. The third kappa shape index (κ3) is 5.44. The van der Waals surface area contributed by atoms with Crippen molar-refractivity contribution in [3.05, 3.63) is 65.1 Å². The molecule has 2 N–H and O–H groups in total. The number of ether oxygens (including phenoxy) is 2. The average Bonchev–Trinajstić information content (AvgIpc) is 2.84. The Morgan fingerprint density at radius 3 is 2.37 bits per heavy atom. The highest BCUT2D eigenvalue weighted by Crippen LogP contribution is 2.35. The maximum Gasteiger partial charge on any atom is 0.416 e. The van der Waals surface area contributed by atoms with Crippen LogP contribution in [-0.4, -0.2) is 46.2 Å². The number of nitrogens with two attached hydrogens (primary N) is 1. The van der Waals surface area contributed by atoms with E-state index in [9.17, 15) is 18.0 Å². The van der Waals surface area contributed by atoms with Gasteiger partial charge in [-0.1, -0.05) is 0 Å². The van der Waals surface area contributed by atoms with E-state index < -0.39 is 11.7 Å². The molecule has 1 aliphatic heterocycles. The van der Waals surface area contributed by atoms with Crippen LogP contribution in [0.5, 0.6) is 17.2 Å². The predicted octanol–water partition coefficient (Wildman–Crippen LogP) is 4.60. The molecule has 11 heteroatoms. The van der Waals surface area contributed by atoms with Crippen molar-refractivity contribution in [1.29, 1.82) is 0 Å². The van der Waals surface area contributed by atoms with Crippen LogP contribution in [0.4, 0.5) is 19.0 Å². The molecule has 1 aliphatic rings. The van der Waals surface area contributed by atoms with E-state index in [0.717, 1.165) is 36.2 Å². The maximum atomic E-state index is 13.0. The first kappa shape index (κ1) is 24.2. The molecule has 3 heterocycles. The van der Waals surface area contributed by atoms with Gasteiger partial charge in [0, 0.05) is 25.1 Å². The number of amides is 1. The van der Waals surface area contributed by atoms with Crippen molar-refractivity contribution in [3.8, 4) is 17.2 Å². The highest BCUT2D eigenvalue weighted by atomic mass is 19.4. The lowest BCUT2D eigenvalue weighted by molar-refractivity contribution is -0.137. The number of carbonyl (C=O) groups excluding carboxylic acids is 1. The van der Waals surface area contributed by atoms with Gasteiger partial charge >= 0.3 is 6.18 Å². The number of aromatic nitrogens is 3. The molecule has 8 nitrogen and oxygen atoms in total. The molecule has 0 atom stereocenters. The lowest BCUT2D eigenvalue weighted by Crippen LogP contribution is -2.38. The Kier molecular flexibility index (Phi) is 6.77. The van der Waals surface area contributed by atoms with Crippen LogP contribution >= 0.6 is 0 Å². The van der Waals surface area contributed by atoms with Crippen molar-refractivity contribution >= 4 is 11.7 Å². The van der Waals surface area contributed by atoms with Crippen molar-refractivity contribution in [2.45, 2.75) is 31.9 Å². The molecular weight excluding hydrogens is 463 g/mol. The number of nitrogen functional groups attached to an aromatic ring is 1. The van der Waals surface area contributed by atoms with Gasteiger partial charge in [0.1, 0.15) is 17.3 Å². The van der Waals surface area contributed by atoms with E-state index >= 15 is 0 Å². The summed E-state index contributed by atoms with van der Waals surface area (Å²) in [4.78, 5) is 19.0. The number of alkyl halides is 3. The summed E-state index contributed by atoms with van der Waals surface area (Å²) in [5, 5.41) is 8.19. The Bertz CT molecular complexity index is 1210. The Morgan fingerprint density at radius 2 is 1.77 bits per heavy atom. The van der Waals surface area contributed by atoms with Crippen LogP contribution in [0.25, 0.3) is 0 Å². The van der Waals surface area contributed by atoms with Crippen LogP contribution in [0, 0.1) is 6.92 Å². The maximum absolute atomic E-state index is 13.0. The van der Waals surface area contributed by atoms with Gasteiger partial charge in [0.25, 0.3) is 5.91 Å². The second-order valence-electron chi connectivity index (χ2n) is 8.25. The van der Waals surface area contributed by atoms with Crippen LogP contribution in [0.1, 0.15) is 46.1 Å². The monoisotopic (exact) mass is 487 g/mol. The molecule has 35 heavy (non-hydrogen) atoms. The first-order valence-electron chi connectivity index (χ1n) is 10.9. The highest BCUT2D eigenvalue weighted by Gasteiger charge is 2.30. The molecule has 0 unspecified atom stereocenters. The molecule has 2 aromatic heterocycles. The van der Waals surface area contributed by atoms with Gasteiger partial charge in [-0.15, -0.1) is 5.10 Å². The summed E-state index contributed by atoms with van der Waals surface area (Å²) in [6, 6.07) is 7.52. The zero-order valence-electron chi connectivity index (χ0n) is 19.2. The number of carbonyl (C=O) groups is 1. The molecule has 0 spiro atoms. The van der Waals surface area contributed by atoms with Gasteiger partial charge in [0.2, 0.25) is 0 Å². The fourth-order valence-corrected chi connectivity index (χ4v) is 4.05. The van der Waals surface area contributed by atoms with Gasteiger partial charge in [-0.25, -0.2) is 4.98 Å². The minimum atomic E-state index is -4.43. The number of benzene rings is 1. The Balaban J connectivity index is 1.42. The highest BCUT2D eigenvalue weighted by molar-refractivity contribution is 5.93. The van der Waals surface area contributed by atoms with Crippen LogP contribution in [0.15, 0.2) is 42.6 Å². The van der Waals surface area contributed by atoms with E-state index in [2.05, 4.69) is 15.2 Å². The number of rotatable bonds is 5. The van der Waals surface area contributed by atoms with Crippen molar-refractivity contribution in [2.24, 2.45) is 0 Å². The normalized spacial score (nSPS) is 14.6.